The molecule has 3 rings (SSSR count). The van der Waals surface area contributed by atoms with E-state index in [2.05, 4.69) is 5.32 Å². The summed E-state index contributed by atoms with van der Waals surface area (Å²) < 4.78 is 26.5. The largest absolute Gasteiger partial charge is 0.352 e. The van der Waals surface area contributed by atoms with E-state index in [9.17, 15) is 18.0 Å². The monoisotopic (exact) mass is 561 g/mol. The van der Waals surface area contributed by atoms with Gasteiger partial charge in [-0.05, 0) is 68.9 Å². The number of hydrogen-bond acceptors (Lipinski definition) is 4. The Kier molecular flexibility index (Phi) is 10.6. The van der Waals surface area contributed by atoms with Crippen LogP contribution in [0.25, 0.3) is 0 Å². The minimum Gasteiger partial charge on any atom is -0.352 e. The zero-order chi connectivity index (χ0) is 27.9. The number of aryl methyl sites for hydroxylation is 1. The van der Waals surface area contributed by atoms with E-state index in [4.69, 9.17) is 11.6 Å². The molecule has 0 spiro atoms. The lowest BCUT2D eigenvalue weighted by Gasteiger charge is -2.32. The van der Waals surface area contributed by atoms with Crippen molar-refractivity contribution in [3.05, 3.63) is 64.2 Å². The number of carbonyl (C=O) groups excluding carboxylic acids is 2. The zero-order valence-corrected chi connectivity index (χ0v) is 24.4. The third-order valence-corrected chi connectivity index (χ3v) is 8.97. The zero-order valence-electron chi connectivity index (χ0n) is 22.9. The Labute approximate surface area is 232 Å². The van der Waals surface area contributed by atoms with Gasteiger partial charge in [0.1, 0.15) is 6.04 Å². The highest BCUT2D eigenvalue weighted by atomic mass is 35.5. The Morgan fingerprint density at radius 1 is 1.05 bits per heavy atom. The van der Waals surface area contributed by atoms with E-state index < -0.39 is 16.1 Å². The van der Waals surface area contributed by atoms with Gasteiger partial charge in [0.15, 0.2) is 0 Å². The average Bonchev–Trinajstić information content (AvgIpc) is 2.87. The van der Waals surface area contributed by atoms with Gasteiger partial charge in [-0.3, -0.25) is 13.9 Å². The van der Waals surface area contributed by atoms with Gasteiger partial charge >= 0.3 is 0 Å². The molecular weight excluding hydrogens is 522 g/mol. The minimum atomic E-state index is -3.59. The van der Waals surface area contributed by atoms with Crippen molar-refractivity contribution in [3.8, 4) is 0 Å². The van der Waals surface area contributed by atoms with E-state index in [-0.39, 0.29) is 30.8 Å². The SMILES string of the molecule is Cc1ccccc1CN(C(=O)CCCN(c1cccc(Cl)c1C)S(C)(=O)=O)C(C)C(=O)NC1CCCCC1. The lowest BCUT2D eigenvalue weighted by atomic mass is 9.95. The van der Waals surface area contributed by atoms with Gasteiger partial charge in [0.2, 0.25) is 21.8 Å². The van der Waals surface area contributed by atoms with Crippen molar-refractivity contribution in [1.82, 2.24) is 10.2 Å². The molecule has 7 nitrogen and oxygen atoms in total. The van der Waals surface area contributed by atoms with E-state index in [1.165, 1.54) is 10.7 Å². The minimum absolute atomic E-state index is 0.110. The first kappa shape index (κ1) is 30.0. The Morgan fingerprint density at radius 2 is 1.74 bits per heavy atom. The van der Waals surface area contributed by atoms with Gasteiger partial charge in [0, 0.05) is 30.6 Å². The van der Waals surface area contributed by atoms with Crippen LogP contribution in [-0.2, 0) is 26.2 Å². The second kappa shape index (κ2) is 13.5. The van der Waals surface area contributed by atoms with Crippen molar-refractivity contribution in [2.24, 2.45) is 0 Å². The molecule has 0 bridgehead atoms. The number of sulfonamides is 1. The van der Waals surface area contributed by atoms with Crippen LogP contribution in [0.15, 0.2) is 42.5 Å². The Balaban J connectivity index is 1.75. The van der Waals surface area contributed by atoms with Crippen LogP contribution >= 0.6 is 11.6 Å². The maximum atomic E-state index is 13.5. The predicted molar refractivity (Wildman–Crippen MR) is 154 cm³/mol. The molecule has 1 aliphatic rings. The molecule has 1 aliphatic carbocycles. The number of carbonyl (C=O) groups is 2. The van der Waals surface area contributed by atoms with Gasteiger partial charge in [-0.1, -0.05) is 61.2 Å². The van der Waals surface area contributed by atoms with E-state index >= 15 is 0 Å². The smallest absolute Gasteiger partial charge is 0.242 e. The number of nitrogens with one attached hydrogen (secondary N) is 1. The number of rotatable bonds is 11. The second-order valence-corrected chi connectivity index (χ2v) is 12.6. The van der Waals surface area contributed by atoms with E-state index in [0.717, 1.165) is 43.1 Å². The molecule has 2 aromatic carbocycles. The van der Waals surface area contributed by atoms with Crippen LogP contribution in [0, 0.1) is 13.8 Å². The molecule has 1 N–H and O–H groups in total. The fraction of sp³-hybridized carbons (Fsp3) is 0.517. The number of amides is 2. The third-order valence-electron chi connectivity index (χ3n) is 7.38. The number of hydrogen-bond donors (Lipinski definition) is 1. The summed E-state index contributed by atoms with van der Waals surface area (Å²) in [4.78, 5) is 28.4. The first-order valence-corrected chi connectivity index (χ1v) is 15.6. The standard InChI is InChI=1S/C29H40ClN3O4S/c1-21-12-8-9-13-24(21)20-32(23(3)29(35)31-25-14-6-5-7-15-25)28(34)18-11-19-33(38(4,36)37)27-17-10-16-26(30)22(27)2/h8-10,12-13,16-17,23,25H,5-7,11,14-15,18-20H2,1-4H3,(H,31,35). The topological polar surface area (TPSA) is 86.8 Å². The van der Waals surface area contributed by atoms with Gasteiger partial charge in [-0.2, -0.15) is 0 Å². The fourth-order valence-corrected chi connectivity index (χ4v) is 6.16. The first-order valence-electron chi connectivity index (χ1n) is 13.4. The quantitative estimate of drug-likeness (QED) is 0.399. The van der Waals surface area contributed by atoms with Gasteiger partial charge in [-0.25, -0.2) is 8.42 Å². The van der Waals surface area contributed by atoms with Crippen LogP contribution < -0.4 is 9.62 Å². The molecule has 1 saturated carbocycles. The van der Waals surface area contributed by atoms with Crippen LogP contribution in [0.1, 0.15) is 68.6 Å². The molecule has 1 fully saturated rings. The normalized spacial score (nSPS) is 15.1. The number of anilines is 1. The van der Waals surface area contributed by atoms with Crippen molar-refractivity contribution in [2.45, 2.75) is 84.3 Å². The van der Waals surface area contributed by atoms with Crippen molar-refractivity contribution in [2.75, 3.05) is 17.1 Å². The van der Waals surface area contributed by atoms with Crippen molar-refractivity contribution >= 4 is 39.1 Å². The van der Waals surface area contributed by atoms with E-state index in [0.29, 0.717) is 29.2 Å². The average molecular weight is 562 g/mol. The van der Waals surface area contributed by atoms with Crippen LogP contribution in [0.5, 0.6) is 0 Å². The molecule has 9 heteroatoms. The molecule has 0 radical (unpaired) electrons. The van der Waals surface area contributed by atoms with Gasteiger partial charge in [-0.15, -0.1) is 0 Å². The maximum absolute atomic E-state index is 13.5. The molecule has 2 amide bonds. The van der Waals surface area contributed by atoms with Crippen LogP contribution in [-0.4, -0.2) is 50.0 Å². The Hall–Kier alpha value is -2.58. The lowest BCUT2D eigenvalue weighted by molar-refractivity contribution is -0.141. The molecule has 0 aromatic heterocycles. The van der Waals surface area contributed by atoms with E-state index in [1.54, 1.807) is 36.9 Å². The molecule has 1 unspecified atom stereocenters. The van der Waals surface area contributed by atoms with E-state index in [1.807, 2.05) is 31.2 Å². The van der Waals surface area contributed by atoms with Crippen LogP contribution in [0.4, 0.5) is 5.69 Å². The van der Waals surface area contributed by atoms with Crippen LogP contribution in [0.2, 0.25) is 5.02 Å². The summed E-state index contributed by atoms with van der Waals surface area (Å²) in [5.74, 6) is -0.332. The fourth-order valence-electron chi connectivity index (χ4n) is 4.97. The number of nitrogens with zero attached hydrogens (tertiary/aromatic N) is 2. The summed E-state index contributed by atoms with van der Waals surface area (Å²) in [6, 6.07) is 12.5. The molecule has 38 heavy (non-hydrogen) atoms. The number of benzene rings is 2. The van der Waals surface area contributed by atoms with Gasteiger partial charge in [0.25, 0.3) is 0 Å². The molecule has 0 heterocycles. The Bertz CT molecular complexity index is 1230. The summed E-state index contributed by atoms with van der Waals surface area (Å²) in [6.07, 6.45) is 6.90. The summed E-state index contributed by atoms with van der Waals surface area (Å²) in [5, 5.41) is 3.63. The van der Waals surface area contributed by atoms with Gasteiger partial charge < -0.3 is 10.2 Å². The second-order valence-electron chi connectivity index (χ2n) is 10.3. The van der Waals surface area contributed by atoms with Gasteiger partial charge in [0.05, 0.1) is 11.9 Å². The van der Waals surface area contributed by atoms with Crippen molar-refractivity contribution in [3.63, 3.8) is 0 Å². The van der Waals surface area contributed by atoms with Crippen molar-refractivity contribution < 1.29 is 18.0 Å². The molecular formula is C29H40ClN3O4S. The molecule has 2 aromatic rings. The van der Waals surface area contributed by atoms with Crippen LogP contribution in [0.3, 0.4) is 0 Å². The summed E-state index contributed by atoms with van der Waals surface area (Å²) in [7, 11) is -3.59. The highest BCUT2D eigenvalue weighted by Gasteiger charge is 2.29. The third kappa shape index (κ3) is 7.96. The maximum Gasteiger partial charge on any atom is 0.242 e. The molecule has 208 valence electrons. The number of halogens is 1. The molecule has 0 aliphatic heterocycles. The summed E-state index contributed by atoms with van der Waals surface area (Å²) in [5.41, 5.74) is 3.19. The summed E-state index contributed by atoms with van der Waals surface area (Å²) in [6.45, 7) is 5.98. The Morgan fingerprint density at radius 3 is 2.39 bits per heavy atom. The highest BCUT2D eigenvalue weighted by molar-refractivity contribution is 7.92. The molecule has 0 saturated heterocycles. The van der Waals surface area contributed by atoms with Crippen molar-refractivity contribution in [1.29, 1.82) is 0 Å². The summed E-state index contributed by atoms with van der Waals surface area (Å²) >= 11 is 6.24. The lowest BCUT2D eigenvalue weighted by Crippen LogP contribution is -2.50. The first-order chi connectivity index (χ1) is 18.0. The highest BCUT2D eigenvalue weighted by Crippen LogP contribution is 2.28. The predicted octanol–water partition coefficient (Wildman–Crippen LogP) is 5.37. The molecule has 1 atom stereocenters.